The molecule has 0 spiro atoms. The maximum absolute atomic E-state index is 12.6. The fourth-order valence-corrected chi connectivity index (χ4v) is 5.61. The molecule has 3 aliphatic carbocycles. The zero-order chi connectivity index (χ0) is 20.6. The molecule has 2 nitrogen and oxygen atoms in total. The van der Waals surface area contributed by atoms with E-state index in [1.807, 2.05) is 0 Å². The number of esters is 1. The molecule has 0 N–H and O–H groups in total. The highest BCUT2D eigenvalue weighted by Gasteiger charge is 2.25. The Morgan fingerprint density at radius 3 is 1.83 bits per heavy atom. The molecule has 3 aliphatic rings. The molecule has 3 rings (SSSR count). The molecule has 1 atom stereocenters. The molecule has 0 aliphatic heterocycles. The van der Waals surface area contributed by atoms with Crippen LogP contribution in [0.25, 0.3) is 0 Å². The van der Waals surface area contributed by atoms with E-state index < -0.39 is 0 Å². The molecular formula is C27H50O2. The molecule has 3 fully saturated rings. The molecule has 29 heavy (non-hydrogen) atoms. The summed E-state index contributed by atoms with van der Waals surface area (Å²) < 4.78 is 6.16. The van der Waals surface area contributed by atoms with Crippen LogP contribution in [0.5, 0.6) is 0 Å². The summed E-state index contributed by atoms with van der Waals surface area (Å²) in [6.07, 6.45) is 28.5. The molecule has 2 bridgehead atoms. The summed E-state index contributed by atoms with van der Waals surface area (Å²) in [5.74, 6) is 1.66. The molecular weight excluding hydrogens is 356 g/mol. The van der Waals surface area contributed by atoms with Gasteiger partial charge in [-0.15, -0.1) is 0 Å². The molecule has 0 aromatic carbocycles. The first-order chi connectivity index (χ1) is 14.3. The second-order valence-electron chi connectivity index (χ2n) is 10.1. The molecule has 0 aromatic rings. The van der Waals surface area contributed by atoms with E-state index in [1.165, 1.54) is 122 Å². The number of hydrogen-bond acceptors (Lipinski definition) is 2. The van der Waals surface area contributed by atoms with Crippen LogP contribution in [-0.4, -0.2) is 12.1 Å². The number of carbonyl (C=O) groups is 1. The molecule has 0 aromatic heterocycles. The molecule has 0 amide bonds. The van der Waals surface area contributed by atoms with E-state index in [9.17, 15) is 4.79 Å². The lowest BCUT2D eigenvalue weighted by Crippen LogP contribution is -2.28. The van der Waals surface area contributed by atoms with Gasteiger partial charge in [-0.05, 0) is 43.9 Å². The van der Waals surface area contributed by atoms with Crippen molar-refractivity contribution in [2.45, 2.75) is 154 Å². The van der Waals surface area contributed by atoms with Gasteiger partial charge in [0.2, 0.25) is 0 Å². The minimum absolute atomic E-state index is 0.0885. The van der Waals surface area contributed by atoms with Gasteiger partial charge < -0.3 is 4.74 Å². The summed E-state index contributed by atoms with van der Waals surface area (Å²) in [5.41, 5.74) is 0. The number of ether oxygens (including phenoxy) is 1. The van der Waals surface area contributed by atoms with Gasteiger partial charge in [-0.2, -0.15) is 0 Å². The normalized spacial score (nSPS) is 27.1. The van der Waals surface area contributed by atoms with Gasteiger partial charge in [0.05, 0.1) is 0 Å². The lowest BCUT2D eigenvalue weighted by molar-refractivity contribution is -0.153. The number of fused-ring (bicyclic) bond motifs is 12. The number of unbranched alkanes of at least 4 members (excludes halogenated alkanes) is 6. The summed E-state index contributed by atoms with van der Waals surface area (Å²) >= 11 is 0. The van der Waals surface area contributed by atoms with Crippen LogP contribution >= 0.6 is 0 Å². The smallest absolute Gasteiger partial charge is 0.306 e. The quantitative estimate of drug-likeness (QED) is 0.282. The summed E-state index contributed by atoms with van der Waals surface area (Å²) in [5, 5.41) is 0. The van der Waals surface area contributed by atoms with Crippen molar-refractivity contribution < 1.29 is 9.53 Å². The molecule has 0 saturated heterocycles. The first kappa shape index (κ1) is 24.7. The lowest BCUT2D eigenvalue weighted by atomic mass is 9.82. The topological polar surface area (TPSA) is 26.3 Å². The number of hydrogen-bond donors (Lipinski definition) is 0. The van der Waals surface area contributed by atoms with E-state index >= 15 is 0 Å². The average molecular weight is 407 g/mol. The van der Waals surface area contributed by atoms with Crippen LogP contribution in [0.4, 0.5) is 0 Å². The summed E-state index contributed by atoms with van der Waals surface area (Å²) in [6.45, 7) is 2.26. The predicted octanol–water partition coefficient (Wildman–Crippen LogP) is 8.76. The van der Waals surface area contributed by atoms with Crippen molar-refractivity contribution in [2.75, 3.05) is 0 Å². The van der Waals surface area contributed by atoms with Crippen molar-refractivity contribution in [3.63, 3.8) is 0 Å². The molecule has 2 heteroatoms. The van der Waals surface area contributed by atoms with E-state index in [0.717, 1.165) is 18.8 Å². The van der Waals surface area contributed by atoms with Crippen LogP contribution in [0.1, 0.15) is 148 Å². The lowest BCUT2D eigenvalue weighted by Gasteiger charge is -2.29. The number of rotatable bonds is 9. The maximum atomic E-state index is 12.6. The maximum Gasteiger partial charge on any atom is 0.306 e. The van der Waals surface area contributed by atoms with Crippen molar-refractivity contribution in [3.05, 3.63) is 0 Å². The van der Waals surface area contributed by atoms with E-state index in [1.54, 1.807) is 0 Å². The Balaban J connectivity index is 1.79. The van der Waals surface area contributed by atoms with Crippen LogP contribution < -0.4 is 0 Å². The van der Waals surface area contributed by atoms with Gasteiger partial charge in [0.25, 0.3) is 0 Å². The summed E-state index contributed by atoms with van der Waals surface area (Å²) in [4.78, 5) is 12.6. The Hall–Kier alpha value is -0.530. The second-order valence-corrected chi connectivity index (χ2v) is 10.1. The Kier molecular flexibility index (Phi) is 13.8. The third kappa shape index (κ3) is 11.4. The summed E-state index contributed by atoms with van der Waals surface area (Å²) in [7, 11) is 0. The second kappa shape index (κ2) is 16.2. The van der Waals surface area contributed by atoms with Gasteiger partial charge >= 0.3 is 5.97 Å². The minimum atomic E-state index is 0.0885. The van der Waals surface area contributed by atoms with Gasteiger partial charge in [0.15, 0.2) is 0 Å². The first-order valence-electron chi connectivity index (χ1n) is 13.5. The highest BCUT2D eigenvalue weighted by molar-refractivity contribution is 5.69. The fourth-order valence-electron chi connectivity index (χ4n) is 5.61. The zero-order valence-electron chi connectivity index (χ0n) is 19.6. The monoisotopic (exact) mass is 406 g/mol. The van der Waals surface area contributed by atoms with E-state index in [4.69, 9.17) is 4.74 Å². The van der Waals surface area contributed by atoms with Crippen molar-refractivity contribution in [1.29, 1.82) is 0 Å². The Morgan fingerprint density at radius 1 is 0.655 bits per heavy atom. The first-order valence-corrected chi connectivity index (χ1v) is 13.5. The van der Waals surface area contributed by atoms with Crippen LogP contribution in [-0.2, 0) is 9.53 Å². The van der Waals surface area contributed by atoms with E-state index in [-0.39, 0.29) is 12.1 Å². The van der Waals surface area contributed by atoms with Crippen molar-refractivity contribution >= 4 is 5.97 Å². The molecule has 0 radical (unpaired) electrons. The molecule has 0 heterocycles. The van der Waals surface area contributed by atoms with Gasteiger partial charge in [0, 0.05) is 6.42 Å². The SMILES string of the molecule is CCCCCCCCCC(=O)OC1CCCCC2CCCCCC1CCCCC2. The van der Waals surface area contributed by atoms with Gasteiger partial charge in [-0.3, -0.25) is 4.79 Å². The third-order valence-corrected chi connectivity index (χ3v) is 7.52. The van der Waals surface area contributed by atoms with Gasteiger partial charge in [-0.1, -0.05) is 110 Å². The fraction of sp³-hybridized carbons (Fsp3) is 0.963. The minimum Gasteiger partial charge on any atom is -0.462 e. The largest absolute Gasteiger partial charge is 0.462 e. The standard InChI is InChI=1S/C27H50O2/c1-2-3-4-5-6-7-14-23-27(28)29-26-22-16-15-19-24-17-10-8-12-20-25(26)21-13-9-11-18-24/h24-26H,2-23H2,1H3. The average Bonchev–Trinajstić information content (AvgIpc) is 2.69. The van der Waals surface area contributed by atoms with Gasteiger partial charge in [-0.25, -0.2) is 0 Å². The third-order valence-electron chi connectivity index (χ3n) is 7.52. The zero-order valence-corrected chi connectivity index (χ0v) is 19.6. The summed E-state index contributed by atoms with van der Waals surface area (Å²) in [6, 6.07) is 0. The highest BCUT2D eigenvalue weighted by Crippen LogP contribution is 2.32. The van der Waals surface area contributed by atoms with Crippen molar-refractivity contribution in [3.8, 4) is 0 Å². The predicted molar refractivity (Wildman–Crippen MR) is 124 cm³/mol. The van der Waals surface area contributed by atoms with E-state index in [0.29, 0.717) is 12.3 Å². The highest BCUT2D eigenvalue weighted by atomic mass is 16.5. The van der Waals surface area contributed by atoms with E-state index in [2.05, 4.69) is 6.92 Å². The van der Waals surface area contributed by atoms with Crippen molar-refractivity contribution in [1.82, 2.24) is 0 Å². The van der Waals surface area contributed by atoms with Gasteiger partial charge in [0.1, 0.15) is 6.10 Å². The Labute approximate surface area is 181 Å². The molecule has 3 saturated carbocycles. The van der Waals surface area contributed by atoms with Crippen LogP contribution in [0, 0.1) is 11.8 Å². The van der Waals surface area contributed by atoms with Crippen molar-refractivity contribution in [2.24, 2.45) is 11.8 Å². The van der Waals surface area contributed by atoms with Crippen LogP contribution in [0.15, 0.2) is 0 Å². The molecule has 1 unspecified atom stereocenters. The molecule has 170 valence electrons. The Bertz CT molecular complexity index is 391. The number of carbonyl (C=O) groups excluding carboxylic acids is 1. The Morgan fingerprint density at radius 2 is 1.17 bits per heavy atom. The van der Waals surface area contributed by atoms with Crippen LogP contribution in [0.3, 0.4) is 0 Å². The van der Waals surface area contributed by atoms with Crippen LogP contribution in [0.2, 0.25) is 0 Å².